The van der Waals surface area contributed by atoms with Crippen molar-refractivity contribution in [3.8, 4) is 5.75 Å². The van der Waals surface area contributed by atoms with Crippen molar-refractivity contribution in [3.05, 3.63) is 65.7 Å². The molecule has 0 aliphatic carbocycles. The maximum atomic E-state index is 12.1. The van der Waals surface area contributed by atoms with E-state index in [4.69, 9.17) is 4.74 Å². The molecule has 1 amide bonds. The van der Waals surface area contributed by atoms with E-state index in [9.17, 15) is 9.59 Å². The van der Waals surface area contributed by atoms with Crippen LogP contribution in [0.3, 0.4) is 0 Å². The summed E-state index contributed by atoms with van der Waals surface area (Å²) in [4.78, 5) is 24.0. The number of carbonyl (C=O) groups is 2. The van der Waals surface area contributed by atoms with E-state index in [0.717, 1.165) is 17.3 Å². The lowest BCUT2D eigenvalue weighted by molar-refractivity contribution is -0.120. The van der Waals surface area contributed by atoms with Crippen molar-refractivity contribution in [1.29, 1.82) is 0 Å². The van der Waals surface area contributed by atoms with E-state index < -0.39 is 0 Å². The smallest absolute Gasteiger partial charge is 0.220 e. The van der Waals surface area contributed by atoms with Crippen LogP contribution >= 0.6 is 11.8 Å². The summed E-state index contributed by atoms with van der Waals surface area (Å²) in [7, 11) is 0. The fourth-order valence-corrected chi connectivity index (χ4v) is 3.21. The number of ether oxygens (including phenoxy) is 1. The zero-order valence-corrected chi connectivity index (χ0v) is 15.9. The fraction of sp³-hybridized carbons (Fsp3) is 0.333. The van der Waals surface area contributed by atoms with Gasteiger partial charge in [0.05, 0.1) is 6.61 Å². The molecule has 1 N–H and O–H groups in total. The molecule has 0 aliphatic heterocycles. The van der Waals surface area contributed by atoms with Crippen molar-refractivity contribution in [1.82, 2.24) is 5.32 Å². The molecular formula is C21H25NO3S. The number of nitrogens with one attached hydrogen (secondary N) is 1. The summed E-state index contributed by atoms with van der Waals surface area (Å²) in [5.74, 6) is 2.43. The summed E-state index contributed by atoms with van der Waals surface area (Å²) in [6.45, 7) is 3.13. The molecule has 0 atom stereocenters. The van der Waals surface area contributed by atoms with Crippen molar-refractivity contribution in [2.24, 2.45) is 0 Å². The van der Waals surface area contributed by atoms with Gasteiger partial charge in [-0.3, -0.25) is 9.59 Å². The van der Waals surface area contributed by atoms with Crippen LogP contribution in [0.25, 0.3) is 0 Å². The second-order valence-corrected chi connectivity index (χ2v) is 6.87. The normalized spacial score (nSPS) is 10.3. The highest BCUT2D eigenvalue weighted by Gasteiger charge is 2.09. The predicted octanol–water partition coefficient (Wildman–Crippen LogP) is 4.10. The number of Topliss-reactive ketones (excluding diaryl/α,β-unsaturated/α-hetero) is 1. The van der Waals surface area contributed by atoms with Gasteiger partial charge in [0.25, 0.3) is 0 Å². The third-order valence-electron chi connectivity index (χ3n) is 3.75. The molecule has 0 aliphatic rings. The van der Waals surface area contributed by atoms with E-state index in [0.29, 0.717) is 18.7 Å². The van der Waals surface area contributed by atoms with Crippen LogP contribution in [-0.4, -0.2) is 30.6 Å². The summed E-state index contributed by atoms with van der Waals surface area (Å²) in [6, 6.07) is 17.3. The van der Waals surface area contributed by atoms with Gasteiger partial charge in [0.15, 0.2) is 5.78 Å². The number of hydrogen-bond donors (Lipinski definition) is 1. The third-order valence-corrected chi connectivity index (χ3v) is 4.78. The number of amides is 1. The molecular weight excluding hydrogens is 346 g/mol. The fourth-order valence-electron chi connectivity index (χ4n) is 2.39. The van der Waals surface area contributed by atoms with E-state index in [-0.39, 0.29) is 24.5 Å². The minimum atomic E-state index is -0.0791. The Kier molecular flexibility index (Phi) is 8.76. The van der Waals surface area contributed by atoms with Gasteiger partial charge in [0, 0.05) is 36.5 Å². The minimum Gasteiger partial charge on any atom is -0.494 e. The number of ketones is 1. The van der Waals surface area contributed by atoms with Crippen LogP contribution in [-0.2, 0) is 10.5 Å². The quantitative estimate of drug-likeness (QED) is 0.477. The summed E-state index contributed by atoms with van der Waals surface area (Å²) in [5, 5.41) is 2.87. The lowest BCUT2D eigenvalue weighted by Gasteiger charge is -2.06. The van der Waals surface area contributed by atoms with Gasteiger partial charge in [-0.05, 0) is 36.8 Å². The first-order chi connectivity index (χ1) is 12.7. The number of hydrogen-bond acceptors (Lipinski definition) is 4. The van der Waals surface area contributed by atoms with E-state index >= 15 is 0 Å². The van der Waals surface area contributed by atoms with Gasteiger partial charge in [-0.15, -0.1) is 0 Å². The van der Waals surface area contributed by atoms with Crippen LogP contribution in [0.15, 0.2) is 54.6 Å². The first kappa shape index (κ1) is 20.0. The van der Waals surface area contributed by atoms with Crippen LogP contribution in [0, 0.1) is 0 Å². The van der Waals surface area contributed by atoms with Crippen LogP contribution in [0.1, 0.15) is 35.7 Å². The zero-order chi connectivity index (χ0) is 18.6. The van der Waals surface area contributed by atoms with Gasteiger partial charge in [-0.2, -0.15) is 11.8 Å². The van der Waals surface area contributed by atoms with Crippen LogP contribution in [0.4, 0.5) is 0 Å². The highest BCUT2D eigenvalue weighted by atomic mass is 32.2. The second-order valence-electron chi connectivity index (χ2n) is 5.77. The average molecular weight is 372 g/mol. The number of thioether (sulfide) groups is 1. The van der Waals surface area contributed by atoms with Gasteiger partial charge >= 0.3 is 0 Å². The summed E-state index contributed by atoms with van der Waals surface area (Å²) < 4.78 is 5.35. The Balaban J connectivity index is 1.59. The molecule has 138 valence electrons. The molecule has 4 nitrogen and oxygen atoms in total. The van der Waals surface area contributed by atoms with Gasteiger partial charge in [0.2, 0.25) is 5.91 Å². The molecule has 0 heterocycles. The molecule has 0 saturated heterocycles. The van der Waals surface area contributed by atoms with E-state index in [2.05, 4.69) is 17.4 Å². The Labute approximate surface area is 159 Å². The first-order valence-electron chi connectivity index (χ1n) is 8.83. The molecule has 26 heavy (non-hydrogen) atoms. The second kappa shape index (κ2) is 11.4. The van der Waals surface area contributed by atoms with Gasteiger partial charge in [0.1, 0.15) is 5.75 Å². The number of benzene rings is 2. The van der Waals surface area contributed by atoms with E-state index in [1.165, 1.54) is 5.56 Å². The Morgan fingerprint density at radius 2 is 1.73 bits per heavy atom. The summed E-state index contributed by atoms with van der Waals surface area (Å²) >= 11 is 1.78. The predicted molar refractivity (Wildman–Crippen MR) is 107 cm³/mol. The van der Waals surface area contributed by atoms with Crippen molar-refractivity contribution >= 4 is 23.5 Å². The van der Waals surface area contributed by atoms with Crippen molar-refractivity contribution in [2.45, 2.75) is 25.5 Å². The molecule has 0 unspecified atom stereocenters. The molecule has 2 rings (SSSR count). The number of rotatable bonds is 11. The molecule has 5 heteroatoms. The monoisotopic (exact) mass is 371 g/mol. The van der Waals surface area contributed by atoms with Gasteiger partial charge < -0.3 is 10.1 Å². The standard InChI is InChI=1S/C21H25NO3S/c1-2-25-19-10-8-18(9-11-19)20(23)12-13-21(24)22-14-15-26-16-17-6-4-3-5-7-17/h3-11H,2,12-16H2,1H3,(H,22,24). The van der Waals surface area contributed by atoms with Crippen molar-refractivity contribution in [2.75, 3.05) is 18.9 Å². The Bertz CT molecular complexity index is 686. The minimum absolute atomic E-state index is 0.0262. The van der Waals surface area contributed by atoms with Crippen molar-refractivity contribution < 1.29 is 14.3 Å². The number of carbonyl (C=O) groups excluding carboxylic acids is 2. The average Bonchev–Trinajstić information content (AvgIpc) is 2.67. The van der Waals surface area contributed by atoms with E-state index in [1.807, 2.05) is 25.1 Å². The van der Waals surface area contributed by atoms with Crippen molar-refractivity contribution in [3.63, 3.8) is 0 Å². The van der Waals surface area contributed by atoms with E-state index in [1.54, 1.807) is 36.0 Å². The Morgan fingerprint density at radius 3 is 2.42 bits per heavy atom. The Morgan fingerprint density at radius 1 is 1.00 bits per heavy atom. The first-order valence-corrected chi connectivity index (χ1v) is 9.99. The summed E-state index contributed by atoms with van der Waals surface area (Å²) in [5.41, 5.74) is 1.89. The summed E-state index contributed by atoms with van der Waals surface area (Å²) in [6.07, 6.45) is 0.437. The topological polar surface area (TPSA) is 55.4 Å². The SMILES string of the molecule is CCOc1ccc(C(=O)CCC(=O)NCCSCc2ccccc2)cc1. The lowest BCUT2D eigenvalue weighted by atomic mass is 10.1. The molecule has 0 radical (unpaired) electrons. The molecule has 0 saturated carbocycles. The largest absolute Gasteiger partial charge is 0.494 e. The molecule has 2 aromatic carbocycles. The lowest BCUT2D eigenvalue weighted by Crippen LogP contribution is -2.26. The Hall–Kier alpha value is -2.27. The highest BCUT2D eigenvalue weighted by molar-refractivity contribution is 7.98. The van der Waals surface area contributed by atoms with Crippen LogP contribution in [0.5, 0.6) is 5.75 Å². The molecule has 0 aromatic heterocycles. The molecule has 0 bridgehead atoms. The van der Waals surface area contributed by atoms with Crippen LogP contribution < -0.4 is 10.1 Å². The molecule has 0 fully saturated rings. The third kappa shape index (κ3) is 7.31. The zero-order valence-electron chi connectivity index (χ0n) is 15.1. The van der Waals surface area contributed by atoms with Gasteiger partial charge in [-0.25, -0.2) is 0 Å². The molecule has 2 aromatic rings. The maximum absolute atomic E-state index is 12.1. The molecule has 0 spiro atoms. The van der Waals surface area contributed by atoms with Crippen LogP contribution in [0.2, 0.25) is 0 Å². The van der Waals surface area contributed by atoms with Gasteiger partial charge in [-0.1, -0.05) is 30.3 Å². The highest BCUT2D eigenvalue weighted by Crippen LogP contribution is 2.14. The maximum Gasteiger partial charge on any atom is 0.220 e.